The lowest BCUT2D eigenvalue weighted by molar-refractivity contribution is 0.601. The molecule has 0 saturated heterocycles. The highest BCUT2D eigenvalue weighted by molar-refractivity contribution is 9.10. The Hall–Kier alpha value is -0.530. The van der Waals surface area contributed by atoms with Crippen LogP contribution in [0.3, 0.4) is 0 Å². The highest BCUT2D eigenvalue weighted by Gasteiger charge is 2.18. The van der Waals surface area contributed by atoms with E-state index in [1.807, 2.05) is 0 Å². The van der Waals surface area contributed by atoms with Crippen LogP contribution >= 0.6 is 50.7 Å². The molecule has 4 nitrogen and oxygen atoms in total. The van der Waals surface area contributed by atoms with E-state index in [1.165, 1.54) is 24.4 Å². The van der Waals surface area contributed by atoms with Crippen LogP contribution in [0.4, 0.5) is 5.69 Å². The van der Waals surface area contributed by atoms with E-state index >= 15 is 0 Å². The van der Waals surface area contributed by atoms with Crippen molar-refractivity contribution < 1.29 is 8.42 Å². The van der Waals surface area contributed by atoms with Crippen LogP contribution in [0.2, 0.25) is 15.2 Å². The maximum Gasteiger partial charge on any atom is 0.262 e. The van der Waals surface area contributed by atoms with Gasteiger partial charge in [0.25, 0.3) is 10.0 Å². The van der Waals surface area contributed by atoms with Gasteiger partial charge in [-0.2, -0.15) is 0 Å². The van der Waals surface area contributed by atoms with E-state index < -0.39 is 10.0 Å². The van der Waals surface area contributed by atoms with Crippen molar-refractivity contribution in [2.45, 2.75) is 4.90 Å². The van der Waals surface area contributed by atoms with Crippen LogP contribution in [0.15, 0.2) is 39.8 Å². The average molecular weight is 417 g/mol. The van der Waals surface area contributed by atoms with Gasteiger partial charge in [-0.15, -0.1) is 0 Å². The number of nitrogens with zero attached hydrogens (tertiary/aromatic N) is 1. The number of anilines is 1. The molecule has 0 saturated carbocycles. The first-order valence-corrected chi connectivity index (χ1v) is 8.50. The zero-order valence-corrected chi connectivity index (χ0v) is 14.2. The van der Waals surface area contributed by atoms with Gasteiger partial charge in [-0.3, -0.25) is 4.72 Å². The highest BCUT2D eigenvalue weighted by atomic mass is 79.9. The predicted octanol–water partition coefficient (Wildman–Crippen LogP) is 4.61. The number of sulfonamides is 1. The molecule has 0 fully saturated rings. The Bertz CT molecular complexity index is 768. The summed E-state index contributed by atoms with van der Waals surface area (Å²) < 4.78 is 27.3. The van der Waals surface area contributed by atoms with Gasteiger partial charge in [0, 0.05) is 10.7 Å². The van der Waals surface area contributed by atoms with Gasteiger partial charge < -0.3 is 0 Å². The fraction of sp³-hybridized carbons (Fsp3) is 0. The van der Waals surface area contributed by atoms with E-state index in [-0.39, 0.29) is 25.8 Å². The number of rotatable bonds is 3. The van der Waals surface area contributed by atoms with Crippen LogP contribution in [0.5, 0.6) is 0 Å². The third-order valence-electron chi connectivity index (χ3n) is 2.29. The Morgan fingerprint density at radius 3 is 2.45 bits per heavy atom. The molecular weight excluding hydrogens is 410 g/mol. The molecule has 0 spiro atoms. The molecule has 2 rings (SSSR count). The van der Waals surface area contributed by atoms with E-state index in [2.05, 4.69) is 25.6 Å². The Morgan fingerprint density at radius 2 is 1.80 bits per heavy atom. The summed E-state index contributed by atoms with van der Waals surface area (Å²) >= 11 is 20.8. The minimum Gasteiger partial charge on any atom is -0.278 e. The maximum atomic E-state index is 12.2. The molecule has 0 aliphatic rings. The van der Waals surface area contributed by atoms with Crippen LogP contribution in [-0.2, 0) is 10.0 Å². The fourth-order valence-electron chi connectivity index (χ4n) is 1.36. The molecular formula is C11H6BrCl3N2O2S. The van der Waals surface area contributed by atoms with Crippen molar-refractivity contribution in [2.75, 3.05) is 4.72 Å². The average Bonchev–Trinajstić information content (AvgIpc) is 2.39. The molecule has 9 heteroatoms. The van der Waals surface area contributed by atoms with Gasteiger partial charge in [0.15, 0.2) is 0 Å². The van der Waals surface area contributed by atoms with E-state index in [0.29, 0.717) is 4.47 Å². The van der Waals surface area contributed by atoms with Crippen molar-refractivity contribution in [3.63, 3.8) is 0 Å². The zero-order valence-electron chi connectivity index (χ0n) is 9.57. The van der Waals surface area contributed by atoms with Gasteiger partial charge >= 0.3 is 0 Å². The summed E-state index contributed by atoms with van der Waals surface area (Å²) in [5, 5.41) is 0.400. The summed E-state index contributed by atoms with van der Waals surface area (Å²) in [7, 11) is -3.82. The highest BCUT2D eigenvalue weighted by Crippen LogP contribution is 2.36. The Kier molecular flexibility index (Phi) is 4.81. The summed E-state index contributed by atoms with van der Waals surface area (Å²) in [6, 6.07) is 5.64. The molecule has 0 radical (unpaired) electrons. The van der Waals surface area contributed by atoms with Gasteiger partial charge in [0.2, 0.25) is 0 Å². The van der Waals surface area contributed by atoms with Crippen LogP contribution < -0.4 is 4.72 Å². The van der Waals surface area contributed by atoms with Crippen molar-refractivity contribution in [2.24, 2.45) is 0 Å². The summed E-state index contributed by atoms with van der Waals surface area (Å²) in [6.45, 7) is 0. The normalized spacial score (nSPS) is 11.4. The first-order valence-electron chi connectivity index (χ1n) is 5.09. The van der Waals surface area contributed by atoms with Gasteiger partial charge in [-0.1, -0.05) is 34.8 Å². The summed E-state index contributed by atoms with van der Waals surface area (Å²) in [4.78, 5) is 3.70. The monoisotopic (exact) mass is 414 g/mol. The second kappa shape index (κ2) is 6.07. The third-order valence-corrected chi connectivity index (χ3v) is 5.63. The fourth-order valence-corrected chi connectivity index (χ4v) is 3.56. The number of pyridine rings is 1. The van der Waals surface area contributed by atoms with Crippen LogP contribution in [-0.4, -0.2) is 13.4 Å². The minimum absolute atomic E-state index is 0.0207. The molecule has 0 atom stereocenters. The lowest BCUT2D eigenvalue weighted by Gasteiger charge is -2.11. The van der Waals surface area contributed by atoms with Crippen LogP contribution in [0.25, 0.3) is 0 Å². The summed E-state index contributed by atoms with van der Waals surface area (Å²) in [5.41, 5.74) is 0.174. The first-order chi connectivity index (χ1) is 9.31. The lowest BCUT2D eigenvalue weighted by Crippen LogP contribution is -2.13. The van der Waals surface area contributed by atoms with Crippen molar-refractivity contribution in [3.05, 3.63) is 50.1 Å². The molecule has 0 bridgehead atoms. The van der Waals surface area contributed by atoms with Gasteiger partial charge in [-0.05, 0) is 40.2 Å². The Labute approximate surface area is 139 Å². The molecule has 1 aromatic carbocycles. The molecule has 20 heavy (non-hydrogen) atoms. The predicted molar refractivity (Wildman–Crippen MR) is 84.2 cm³/mol. The largest absolute Gasteiger partial charge is 0.278 e. The van der Waals surface area contributed by atoms with E-state index in [4.69, 9.17) is 34.8 Å². The first kappa shape index (κ1) is 15.9. The second-order valence-electron chi connectivity index (χ2n) is 3.64. The molecule has 0 unspecified atom stereocenters. The summed E-state index contributed by atoms with van der Waals surface area (Å²) in [6.07, 6.45) is 1.30. The Morgan fingerprint density at radius 1 is 1.10 bits per heavy atom. The molecule has 1 N–H and O–H groups in total. The number of hydrogen-bond donors (Lipinski definition) is 1. The second-order valence-corrected chi connectivity index (χ2v) is 7.32. The smallest absolute Gasteiger partial charge is 0.262 e. The number of halogens is 4. The molecule has 1 aromatic heterocycles. The van der Waals surface area contributed by atoms with Crippen molar-refractivity contribution in [1.29, 1.82) is 0 Å². The van der Waals surface area contributed by atoms with Gasteiger partial charge in [0.05, 0.1) is 20.6 Å². The number of hydrogen-bond acceptors (Lipinski definition) is 3. The van der Waals surface area contributed by atoms with E-state index in [0.717, 1.165) is 0 Å². The minimum atomic E-state index is -3.82. The SMILES string of the molecule is O=S(=O)(Nc1ccc(Br)c(Cl)c1Cl)c1ccnc(Cl)c1. The molecule has 0 aliphatic heterocycles. The molecule has 106 valence electrons. The molecule has 1 heterocycles. The maximum absolute atomic E-state index is 12.2. The van der Waals surface area contributed by atoms with Crippen LogP contribution in [0.1, 0.15) is 0 Å². The van der Waals surface area contributed by atoms with Crippen molar-refractivity contribution >= 4 is 66.4 Å². The van der Waals surface area contributed by atoms with Crippen molar-refractivity contribution in [3.8, 4) is 0 Å². The van der Waals surface area contributed by atoms with Crippen molar-refractivity contribution in [1.82, 2.24) is 4.98 Å². The quantitative estimate of drug-likeness (QED) is 0.587. The number of benzene rings is 1. The van der Waals surface area contributed by atoms with Gasteiger partial charge in [0.1, 0.15) is 5.15 Å². The van der Waals surface area contributed by atoms with Crippen LogP contribution in [0, 0.1) is 0 Å². The number of nitrogens with one attached hydrogen (secondary N) is 1. The lowest BCUT2D eigenvalue weighted by atomic mass is 10.3. The molecule has 0 aliphatic carbocycles. The van der Waals surface area contributed by atoms with Gasteiger partial charge in [-0.25, -0.2) is 13.4 Å². The van der Waals surface area contributed by atoms with E-state index in [9.17, 15) is 8.42 Å². The number of aromatic nitrogens is 1. The topological polar surface area (TPSA) is 59.1 Å². The zero-order chi connectivity index (χ0) is 14.9. The molecule has 2 aromatic rings. The third kappa shape index (κ3) is 3.38. The molecule has 0 amide bonds. The standard InChI is InChI=1S/C11H6BrCl3N2O2S/c12-7-1-2-8(11(15)10(7)14)17-20(18,19)6-3-4-16-9(13)5-6/h1-5,17H. The van der Waals surface area contributed by atoms with E-state index in [1.54, 1.807) is 6.07 Å². The Balaban J connectivity index is 2.41. The summed E-state index contributed by atoms with van der Waals surface area (Å²) in [5.74, 6) is 0.